The molecule has 0 radical (unpaired) electrons. The van der Waals surface area contributed by atoms with Gasteiger partial charge >= 0.3 is 0 Å². The van der Waals surface area contributed by atoms with Crippen molar-refractivity contribution < 1.29 is 24.9 Å². The van der Waals surface area contributed by atoms with Gasteiger partial charge in [-0.25, -0.2) is 0 Å². The molecule has 2 rings (SSSR count). The van der Waals surface area contributed by atoms with Crippen LogP contribution in [0.5, 0.6) is 0 Å². The molecule has 2 aliphatic rings. The summed E-state index contributed by atoms with van der Waals surface area (Å²) in [7, 11) is 0. The number of likely N-dealkylation sites (tertiary alicyclic amines) is 1. The van der Waals surface area contributed by atoms with Crippen LogP contribution < -0.4 is 0 Å². The van der Waals surface area contributed by atoms with Crippen molar-refractivity contribution in [2.75, 3.05) is 19.8 Å². The van der Waals surface area contributed by atoms with E-state index in [0.29, 0.717) is 0 Å². The monoisotopic (exact) mass is 243 g/mol. The van der Waals surface area contributed by atoms with Crippen molar-refractivity contribution in [3.8, 4) is 0 Å². The van der Waals surface area contributed by atoms with E-state index in [9.17, 15) is 24.9 Å². The molecule has 0 bridgehead atoms. The Morgan fingerprint density at radius 3 is 1.71 bits per heavy atom. The SMILES string of the molecule is CC1(C)C2C(=O)N(C(CO)(CO)CO)C(=O)C21. The third-order valence-corrected chi connectivity index (χ3v) is 4.16. The molecular weight excluding hydrogens is 226 g/mol. The van der Waals surface area contributed by atoms with E-state index in [4.69, 9.17) is 0 Å². The number of carbonyl (C=O) groups is 2. The first-order valence-electron chi connectivity index (χ1n) is 5.58. The molecule has 6 heteroatoms. The Kier molecular flexibility index (Phi) is 2.57. The van der Waals surface area contributed by atoms with Crippen LogP contribution in [0, 0.1) is 17.3 Å². The molecule has 0 aromatic rings. The molecule has 2 unspecified atom stereocenters. The van der Waals surface area contributed by atoms with E-state index in [1.807, 2.05) is 13.8 Å². The maximum atomic E-state index is 12.1. The van der Waals surface area contributed by atoms with E-state index in [0.717, 1.165) is 4.90 Å². The number of aliphatic hydroxyl groups excluding tert-OH is 3. The number of hydrogen-bond acceptors (Lipinski definition) is 5. The Hall–Kier alpha value is -0.980. The van der Waals surface area contributed by atoms with Gasteiger partial charge in [-0.1, -0.05) is 13.8 Å². The maximum absolute atomic E-state index is 12.1. The molecule has 1 aliphatic carbocycles. The average molecular weight is 243 g/mol. The molecule has 6 nitrogen and oxygen atoms in total. The summed E-state index contributed by atoms with van der Waals surface area (Å²) in [4.78, 5) is 25.0. The Balaban J connectivity index is 2.32. The zero-order chi connectivity index (χ0) is 13.0. The summed E-state index contributed by atoms with van der Waals surface area (Å²) >= 11 is 0. The van der Waals surface area contributed by atoms with Gasteiger partial charge in [0, 0.05) is 0 Å². The average Bonchev–Trinajstić information content (AvgIpc) is 2.75. The zero-order valence-electron chi connectivity index (χ0n) is 9.88. The summed E-state index contributed by atoms with van der Waals surface area (Å²) in [5.41, 5.74) is -1.91. The van der Waals surface area contributed by atoms with Crippen LogP contribution in [0.1, 0.15) is 13.8 Å². The van der Waals surface area contributed by atoms with Crippen LogP contribution in [0.15, 0.2) is 0 Å². The summed E-state index contributed by atoms with van der Waals surface area (Å²) in [6.07, 6.45) is 0. The number of fused-ring (bicyclic) bond motifs is 1. The standard InChI is InChI=1S/C11H17NO5/c1-10(2)6-7(10)9(17)12(8(6)16)11(3-13,4-14)5-15/h6-7,13-15H,3-5H2,1-2H3. The van der Waals surface area contributed by atoms with Crippen LogP contribution in [0.2, 0.25) is 0 Å². The summed E-state index contributed by atoms with van der Waals surface area (Å²) < 4.78 is 0. The van der Waals surface area contributed by atoms with Gasteiger partial charge < -0.3 is 15.3 Å². The van der Waals surface area contributed by atoms with Gasteiger partial charge in [-0.15, -0.1) is 0 Å². The highest BCUT2D eigenvalue weighted by Crippen LogP contribution is 2.64. The minimum Gasteiger partial charge on any atom is -0.394 e. The van der Waals surface area contributed by atoms with Gasteiger partial charge in [-0.05, 0) is 5.41 Å². The second-order valence-corrected chi connectivity index (χ2v) is 5.49. The number of hydrogen-bond donors (Lipinski definition) is 3. The number of piperidine rings is 1. The van der Waals surface area contributed by atoms with Gasteiger partial charge in [0.25, 0.3) is 0 Å². The summed E-state index contributed by atoms with van der Waals surface area (Å²) in [6.45, 7) is 1.76. The molecule has 2 amide bonds. The molecule has 0 aromatic heterocycles. The minimum absolute atomic E-state index is 0.337. The highest BCUT2D eigenvalue weighted by atomic mass is 16.3. The normalized spacial score (nSPS) is 30.8. The second kappa shape index (κ2) is 3.51. The zero-order valence-corrected chi connectivity index (χ0v) is 9.88. The molecule has 96 valence electrons. The fraction of sp³-hybridized carbons (Fsp3) is 0.818. The van der Waals surface area contributed by atoms with Crippen LogP contribution >= 0.6 is 0 Å². The number of rotatable bonds is 4. The van der Waals surface area contributed by atoms with E-state index < -0.39 is 37.2 Å². The van der Waals surface area contributed by atoms with Gasteiger partial charge in [-0.2, -0.15) is 0 Å². The molecule has 2 atom stereocenters. The van der Waals surface area contributed by atoms with E-state index in [1.165, 1.54) is 0 Å². The summed E-state index contributed by atoms with van der Waals surface area (Å²) in [5, 5.41) is 27.7. The maximum Gasteiger partial charge on any atom is 0.234 e. The Morgan fingerprint density at radius 2 is 1.41 bits per heavy atom. The number of amides is 2. The lowest BCUT2D eigenvalue weighted by Gasteiger charge is -2.37. The molecule has 1 heterocycles. The van der Waals surface area contributed by atoms with Crippen LogP contribution in [0.25, 0.3) is 0 Å². The molecule has 1 aliphatic heterocycles. The highest BCUT2D eigenvalue weighted by Gasteiger charge is 2.74. The van der Waals surface area contributed by atoms with Crippen LogP contribution in [0.3, 0.4) is 0 Å². The van der Waals surface area contributed by atoms with Crippen molar-refractivity contribution in [3.63, 3.8) is 0 Å². The first-order chi connectivity index (χ1) is 7.87. The van der Waals surface area contributed by atoms with E-state index in [1.54, 1.807) is 0 Å². The lowest BCUT2D eigenvalue weighted by atomic mass is 9.97. The lowest BCUT2D eigenvalue weighted by molar-refractivity contribution is -0.158. The van der Waals surface area contributed by atoms with Crippen LogP contribution in [-0.2, 0) is 9.59 Å². The number of aliphatic hydroxyl groups is 3. The van der Waals surface area contributed by atoms with E-state index in [2.05, 4.69) is 0 Å². The Morgan fingerprint density at radius 1 is 1.06 bits per heavy atom. The van der Waals surface area contributed by atoms with Crippen LogP contribution in [0.4, 0.5) is 0 Å². The molecule has 1 saturated heterocycles. The smallest absolute Gasteiger partial charge is 0.234 e. The molecule has 17 heavy (non-hydrogen) atoms. The summed E-state index contributed by atoms with van der Waals surface area (Å²) in [5.74, 6) is -1.55. The third kappa shape index (κ3) is 1.31. The topological polar surface area (TPSA) is 98.1 Å². The molecule has 0 spiro atoms. The van der Waals surface area contributed by atoms with Gasteiger partial charge in [0.2, 0.25) is 11.8 Å². The molecule has 2 fully saturated rings. The Labute approximate surface area is 98.8 Å². The quantitative estimate of drug-likeness (QED) is 0.514. The van der Waals surface area contributed by atoms with Gasteiger partial charge in [0.05, 0.1) is 31.7 Å². The first-order valence-corrected chi connectivity index (χ1v) is 5.58. The first kappa shape index (κ1) is 12.5. The lowest BCUT2D eigenvalue weighted by Crippen LogP contribution is -2.61. The van der Waals surface area contributed by atoms with Crippen molar-refractivity contribution >= 4 is 11.8 Å². The van der Waals surface area contributed by atoms with Crippen molar-refractivity contribution in [2.24, 2.45) is 17.3 Å². The highest BCUT2D eigenvalue weighted by molar-refractivity contribution is 6.11. The minimum atomic E-state index is -1.57. The van der Waals surface area contributed by atoms with Gasteiger partial charge in [0.15, 0.2) is 0 Å². The third-order valence-electron chi connectivity index (χ3n) is 4.16. The molecule has 3 N–H and O–H groups in total. The Bertz CT molecular complexity index is 342. The number of imide groups is 1. The van der Waals surface area contributed by atoms with E-state index >= 15 is 0 Å². The summed E-state index contributed by atoms with van der Waals surface area (Å²) in [6, 6.07) is 0. The van der Waals surface area contributed by atoms with Crippen molar-refractivity contribution in [1.29, 1.82) is 0 Å². The predicted octanol–water partition coefficient (Wildman–Crippen LogP) is -1.66. The van der Waals surface area contributed by atoms with Gasteiger partial charge in [-0.3, -0.25) is 14.5 Å². The number of nitrogens with zero attached hydrogens (tertiary/aromatic N) is 1. The van der Waals surface area contributed by atoms with Crippen LogP contribution in [-0.4, -0.2) is 57.4 Å². The molecule has 1 saturated carbocycles. The van der Waals surface area contributed by atoms with E-state index in [-0.39, 0.29) is 17.3 Å². The van der Waals surface area contributed by atoms with Crippen molar-refractivity contribution in [1.82, 2.24) is 4.90 Å². The van der Waals surface area contributed by atoms with Crippen molar-refractivity contribution in [3.05, 3.63) is 0 Å². The number of carbonyl (C=O) groups excluding carboxylic acids is 2. The largest absolute Gasteiger partial charge is 0.394 e. The fourth-order valence-electron chi connectivity index (χ4n) is 2.78. The van der Waals surface area contributed by atoms with Crippen molar-refractivity contribution in [2.45, 2.75) is 19.4 Å². The molecular formula is C11H17NO5. The fourth-order valence-corrected chi connectivity index (χ4v) is 2.78. The predicted molar refractivity (Wildman–Crippen MR) is 56.6 cm³/mol. The molecule has 0 aromatic carbocycles. The second-order valence-electron chi connectivity index (χ2n) is 5.49. The van der Waals surface area contributed by atoms with Gasteiger partial charge in [0.1, 0.15) is 5.54 Å².